The van der Waals surface area contributed by atoms with Gasteiger partial charge in [0.25, 0.3) is 6.47 Å². The molecule has 200 valence electrons. The molecule has 0 spiro atoms. The van der Waals surface area contributed by atoms with Crippen LogP contribution in [0.1, 0.15) is 56.7 Å². The van der Waals surface area contributed by atoms with Crippen molar-refractivity contribution in [3.63, 3.8) is 0 Å². The minimum absolute atomic E-state index is 0.0441. The van der Waals surface area contributed by atoms with Crippen molar-refractivity contribution in [2.75, 3.05) is 23.3 Å². The monoisotopic (exact) mass is 534 g/mol. The highest BCUT2D eigenvalue weighted by Gasteiger charge is 2.32. The van der Waals surface area contributed by atoms with Gasteiger partial charge in [0.1, 0.15) is 5.82 Å². The lowest BCUT2D eigenvalue weighted by atomic mass is 9.89. The van der Waals surface area contributed by atoms with E-state index in [9.17, 15) is 4.79 Å². The van der Waals surface area contributed by atoms with Gasteiger partial charge in [-0.05, 0) is 85.8 Å². The molecule has 0 aliphatic carbocycles. The fourth-order valence-corrected chi connectivity index (χ4v) is 5.59. The highest BCUT2D eigenvalue weighted by molar-refractivity contribution is 6.30. The summed E-state index contributed by atoms with van der Waals surface area (Å²) in [6, 6.07) is 19.3. The van der Waals surface area contributed by atoms with E-state index < -0.39 is 0 Å². The number of fused-ring (bicyclic) bond motifs is 1. The molecule has 0 radical (unpaired) electrons. The van der Waals surface area contributed by atoms with E-state index in [0.29, 0.717) is 5.02 Å². The number of carbonyl (C=O) groups is 2. The van der Waals surface area contributed by atoms with Crippen molar-refractivity contribution < 1.29 is 14.7 Å². The maximum atomic E-state index is 12.5. The number of carbonyl (C=O) groups excluding carboxylic acids is 1. The van der Waals surface area contributed by atoms with Gasteiger partial charge in [-0.3, -0.25) is 14.5 Å². The first-order valence-corrected chi connectivity index (χ1v) is 13.5. The molecule has 1 saturated heterocycles. The summed E-state index contributed by atoms with van der Waals surface area (Å²) in [4.78, 5) is 29.8. The van der Waals surface area contributed by atoms with Crippen LogP contribution in [0.3, 0.4) is 0 Å². The SMILES string of the molecule is CC(=O)N1c2ccc(-c3ccc(CN4CCCCC4)cc3)cc2C(Nc2ccc(Cl)cn2)CC1C.O=CO. The van der Waals surface area contributed by atoms with Gasteiger partial charge in [0.15, 0.2) is 0 Å². The highest BCUT2D eigenvalue weighted by atomic mass is 35.5. The van der Waals surface area contributed by atoms with Crippen LogP contribution in [0.4, 0.5) is 11.5 Å². The third-order valence-electron chi connectivity index (χ3n) is 7.21. The molecule has 0 saturated carbocycles. The third-order valence-corrected chi connectivity index (χ3v) is 7.43. The average molecular weight is 535 g/mol. The molecule has 3 aromatic rings. The van der Waals surface area contributed by atoms with Crippen LogP contribution in [-0.4, -0.2) is 46.5 Å². The molecule has 38 heavy (non-hydrogen) atoms. The number of nitrogens with one attached hydrogen (secondary N) is 1. The number of nitrogens with zero attached hydrogens (tertiary/aromatic N) is 3. The summed E-state index contributed by atoms with van der Waals surface area (Å²) >= 11 is 6.03. The van der Waals surface area contributed by atoms with Crippen molar-refractivity contribution in [1.29, 1.82) is 0 Å². The first kappa shape index (κ1) is 27.6. The maximum absolute atomic E-state index is 12.5. The van der Waals surface area contributed by atoms with Crippen molar-refractivity contribution in [2.24, 2.45) is 0 Å². The molecule has 2 aliphatic rings. The minimum atomic E-state index is -0.250. The van der Waals surface area contributed by atoms with E-state index in [1.165, 1.54) is 43.5 Å². The lowest BCUT2D eigenvalue weighted by Crippen LogP contribution is -2.43. The fourth-order valence-electron chi connectivity index (χ4n) is 5.48. The number of rotatable bonds is 5. The van der Waals surface area contributed by atoms with Crippen molar-refractivity contribution in [3.05, 3.63) is 76.9 Å². The van der Waals surface area contributed by atoms with Crippen LogP contribution in [0, 0.1) is 0 Å². The van der Waals surface area contributed by atoms with Gasteiger partial charge in [-0.2, -0.15) is 0 Å². The van der Waals surface area contributed by atoms with Crippen LogP contribution in [0.5, 0.6) is 0 Å². The van der Waals surface area contributed by atoms with E-state index in [1.807, 2.05) is 17.0 Å². The summed E-state index contributed by atoms with van der Waals surface area (Å²) in [6.45, 7) is 6.92. The largest absolute Gasteiger partial charge is 0.483 e. The first-order valence-electron chi connectivity index (χ1n) is 13.1. The van der Waals surface area contributed by atoms with Gasteiger partial charge in [-0.25, -0.2) is 4.98 Å². The van der Waals surface area contributed by atoms with Crippen LogP contribution >= 0.6 is 11.6 Å². The molecule has 2 N–H and O–H groups in total. The Kier molecular flexibility index (Phi) is 9.37. The number of amides is 1. The molecule has 2 unspecified atom stereocenters. The number of pyridine rings is 1. The highest BCUT2D eigenvalue weighted by Crippen LogP contribution is 2.41. The quantitative estimate of drug-likeness (QED) is 0.369. The summed E-state index contributed by atoms with van der Waals surface area (Å²) in [5, 5.41) is 11.1. The van der Waals surface area contributed by atoms with Crippen LogP contribution < -0.4 is 10.2 Å². The van der Waals surface area contributed by atoms with Crippen molar-refractivity contribution in [3.8, 4) is 11.1 Å². The van der Waals surface area contributed by atoms with E-state index in [2.05, 4.69) is 64.6 Å². The number of hydrogen-bond acceptors (Lipinski definition) is 5. The lowest BCUT2D eigenvalue weighted by Gasteiger charge is -2.39. The van der Waals surface area contributed by atoms with E-state index in [4.69, 9.17) is 21.5 Å². The number of likely N-dealkylation sites (tertiary alicyclic amines) is 1. The number of carboxylic acid groups (broad SMARTS) is 1. The Morgan fingerprint density at radius 1 is 1.08 bits per heavy atom. The van der Waals surface area contributed by atoms with Gasteiger partial charge in [0.05, 0.1) is 11.1 Å². The van der Waals surface area contributed by atoms with Crippen LogP contribution in [0.25, 0.3) is 11.1 Å². The van der Waals surface area contributed by atoms with Gasteiger partial charge >= 0.3 is 0 Å². The second-order valence-electron chi connectivity index (χ2n) is 9.95. The van der Waals surface area contributed by atoms with Crippen molar-refractivity contribution in [2.45, 2.75) is 58.2 Å². The van der Waals surface area contributed by atoms with E-state index in [0.717, 1.165) is 35.6 Å². The number of benzene rings is 2. The number of halogens is 1. The zero-order valence-electron chi connectivity index (χ0n) is 21.9. The Morgan fingerprint density at radius 2 is 1.76 bits per heavy atom. The summed E-state index contributed by atoms with van der Waals surface area (Å²) in [6.07, 6.45) is 6.43. The van der Waals surface area contributed by atoms with Crippen molar-refractivity contribution >= 4 is 35.5 Å². The molecule has 7 nitrogen and oxygen atoms in total. The van der Waals surface area contributed by atoms with E-state index >= 15 is 0 Å². The first-order chi connectivity index (χ1) is 18.4. The molecule has 1 fully saturated rings. The Morgan fingerprint density at radius 3 is 2.39 bits per heavy atom. The van der Waals surface area contributed by atoms with E-state index in [1.54, 1.807) is 13.1 Å². The Hall–Kier alpha value is -3.42. The maximum Gasteiger partial charge on any atom is 0.290 e. The molecule has 5 rings (SSSR count). The summed E-state index contributed by atoms with van der Waals surface area (Å²) < 4.78 is 0. The van der Waals surface area contributed by atoms with Gasteiger partial charge in [-0.15, -0.1) is 0 Å². The topological polar surface area (TPSA) is 85.8 Å². The number of hydrogen-bond donors (Lipinski definition) is 2. The minimum Gasteiger partial charge on any atom is -0.483 e. The standard InChI is InChI=1S/C29H33ClN4O.CH2O2/c1-20-16-27(32-29-13-11-25(30)18-31-29)26-17-24(10-12-28(26)34(20)21(2)35)23-8-6-22(7-9-23)19-33-14-4-3-5-15-33;2-1-3/h6-13,17-18,20,27H,3-5,14-16,19H2,1-2H3,(H,31,32);1H,(H,2,3). The molecular formula is C30H35ClN4O3. The molecular weight excluding hydrogens is 500 g/mol. The second kappa shape index (κ2) is 12.9. The molecule has 1 aromatic heterocycles. The van der Waals surface area contributed by atoms with Crippen LogP contribution in [-0.2, 0) is 16.1 Å². The van der Waals surface area contributed by atoms with Crippen LogP contribution in [0.15, 0.2) is 60.8 Å². The molecule has 2 aliphatic heterocycles. The van der Waals surface area contributed by atoms with Gasteiger partial charge in [-0.1, -0.05) is 48.4 Å². The van der Waals surface area contributed by atoms with Gasteiger partial charge in [0.2, 0.25) is 5.91 Å². The Balaban J connectivity index is 0.00000107. The number of aromatic nitrogens is 1. The van der Waals surface area contributed by atoms with Crippen molar-refractivity contribution in [1.82, 2.24) is 9.88 Å². The van der Waals surface area contributed by atoms with Crippen LogP contribution in [0.2, 0.25) is 5.02 Å². The molecule has 8 heteroatoms. The fraction of sp³-hybridized carbons (Fsp3) is 0.367. The third kappa shape index (κ3) is 6.71. The molecule has 2 aromatic carbocycles. The predicted octanol–water partition coefficient (Wildman–Crippen LogP) is 6.39. The zero-order chi connectivity index (χ0) is 27.1. The average Bonchev–Trinajstić information content (AvgIpc) is 2.91. The summed E-state index contributed by atoms with van der Waals surface area (Å²) in [5.41, 5.74) is 5.78. The normalized spacial score (nSPS) is 19.1. The van der Waals surface area contributed by atoms with E-state index in [-0.39, 0.29) is 24.5 Å². The predicted molar refractivity (Wildman–Crippen MR) is 153 cm³/mol. The Labute approximate surface area is 229 Å². The number of anilines is 2. The summed E-state index contributed by atoms with van der Waals surface area (Å²) in [5.74, 6) is 0.845. The second-order valence-corrected chi connectivity index (χ2v) is 10.4. The molecule has 1 amide bonds. The molecule has 0 bridgehead atoms. The molecule has 3 heterocycles. The van der Waals surface area contributed by atoms with Gasteiger partial charge < -0.3 is 15.3 Å². The lowest BCUT2D eigenvalue weighted by molar-refractivity contribution is -0.123. The van der Waals surface area contributed by atoms with Gasteiger partial charge in [0, 0.05) is 31.4 Å². The summed E-state index contributed by atoms with van der Waals surface area (Å²) in [7, 11) is 0. The zero-order valence-corrected chi connectivity index (χ0v) is 22.7. The Bertz CT molecular complexity index is 1230. The molecule has 2 atom stereocenters. The number of piperidine rings is 1. The smallest absolute Gasteiger partial charge is 0.290 e.